The number of halogens is 1. The highest BCUT2D eigenvalue weighted by atomic mass is 35.5. The topological polar surface area (TPSA) is 41.9 Å². The molecule has 94 valence electrons. The lowest BCUT2D eigenvalue weighted by molar-refractivity contribution is 0.868. The van der Waals surface area contributed by atoms with Crippen LogP contribution < -0.4 is 4.90 Å². The molecule has 2 heterocycles. The molecule has 2 aromatic rings. The van der Waals surface area contributed by atoms with Crippen LogP contribution in [0, 0.1) is 0 Å². The van der Waals surface area contributed by atoms with Crippen LogP contribution in [-0.4, -0.2) is 21.4 Å². The fraction of sp³-hybridized carbons (Fsp3) is 0.417. The maximum Gasteiger partial charge on any atom is 0.205 e. The normalized spacial score (nSPS) is 14.8. The second-order valence-electron chi connectivity index (χ2n) is 4.53. The Morgan fingerprint density at radius 2 is 2.33 bits per heavy atom. The first kappa shape index (κ1) is 11.9. The van der Waals surface area contributed by atoms with Crippen LogP contribution in [-0.2, 0) is 6.54 Å². The number of nitrogens with zero attached hydrogens (tertiary/aromatic N) is 4. The summed E-state index contributed by atoms with van der Waals surface area (Å²) in [6.07, 6.45) is 4.19. The van der Waals surface area contributed by atoms with E-state index < -0.39 is 0 Å². The number of hydrogen-bond donors (Lipinski definition) is 0. The molecule has 0 atom stereocenters. The summed E-state index contributed by atoms with van der Waals surface area (Å²) in [7, 11) is 2.00. The second kappa shape index (κ2) is 4.82. The lowest BCUT2D eigenvalue weighted by Crippen LogP contribution is -2.17. The van der Waals surface area contributed by atoms with E-state index in [1.807, 2.05) is 13.1 Å². The van der Waals surface area contributed by atoms with Crippen LogP contribution in [0.25, 0.3) is 0 Å². The Kier molecular flexibility index (Phi) is 3.18. The lowest BCUT2D eigenvalue weighted by atomic mass is 10.3. The van der Waals surface area contributed by atoms with Crippen LogP contribution in [0.2, 0.25) is 5.02 Å². The lowest BCUT2D eigenvalue weighted by Gasteiger charge is -2.14. The van der Waals surface area contributed by atoms with E-state index in [9.17, 15) is 0 Å². The molecule has 0 saturated heterocycles. The molecule has 0 spiro atoms. The first-order valence-electron chi connectivity index (χ1n) is 5.87. The van der Waals surface area contributed by atoms with Gasteiger partial charge in [-0.25, -0.2) is 4.98 Å². The van der Waals surface area contributed by atoms with Crippen LogP contribution >= 0.6 is 23.1 Å². The van der Waals surface area contributed by atoms with Crippen molar-refractivity contribution in [3.8, 4) is 0 Å². The van der Waals surface area contributed by atoms with E-state index in [-0.39, 0.29) is 0 Å². The number of aromatic nitrogens is 3. The van der Waals surface area contributed by atoms with E-state index in [1.54, 1.807) is 12.3 Å². The first-order chi connectivity index (χ1) is 8.72. The third-order valence-electron chi connectivity index (χ3n) is 2.88. The van der Waals surface area contributed by atoms with Crippen molar-refractivity contribution in [3.05, 3.63) is 34.9 Å². The standard InChI is InChI=1S/C12H13ClN4S/c1-17(7-10-6-9(13)4-5-14-10)12-15-11(16-18-12)8-2-3-8/h4-6,8H,2-3,7H2,1H3. The largest absolute Gasteiger partial charge is 0.344 e. The third kappa shape index (κ3) is 2.62. The fourth-order valence-corrected chi connectivity index (χ4v) is 2.62. The number of rotatable bonds is 4. The minimum Gasteiger partial charge on any atom is -0.344 e. The van der Waals surface area contributed by atoms with Gasteiger partial charge in [0.1, 0.15) is 5.82 Å². The van der Waals surface area contributed by atoms with E-state index in [0.29, 0.717) is 17.5 Å². The van der Waals surface area contributed by atoms with Crippen molar-refractivity contribution in [2.75, 3.05) is 11.9 Å². The van der Waals surface area contributed by atoms with Crippen LogP contribution in [0.5, 0.6) is 0 Å². The molecule has 4 nitrogen and oxygen atoms in total. The van der Waals surface area contributed by atoms with Gasteiger partial charge in [-0.15, -0.1) is 0 Å². The second-order valence-corrected chi connectivity index (χ2v) is 5.70. The van der Waals surface area contributed by atoms with Crippen molar-refractivity contribution in [1.29, 1.82) is 0 Å². The van der Waals surface area contributed by atoms with Crippen molar-refractivity contribution in [3.63, 3.8) is 0 Å². The molecule has 1 aliphatic carbocycles. The van der Waals surface area contributed by atoms with Gasteiger partial charge in [0.05, 0.1) is 12.2 Å². The monoisotopic (exact) mass is 280 g/mol. The van der Waals surface area contributed by atoms with Gasteiger partial charge in [0.25, 0.3) is 0 Å². The minimum absolute atomic E-state index is 0.604. The molecule has 0 aromatic carbocycles. The van der Waals surface area contributed by atoms with Gasteiger partial charge in [0.2, 0.25) is 5.13 Å². The molecule has 3 rings (SSSR count). The Balaban J connectivity index is 1.71. The third-order valence-corrected chi connectivity index (χ3v) is 3.96. The molecule has 0 radical (unpaired) electrons. The zero-order chi connectivity index (χ0) is 12.5. The zero-order valence-electron chi connectivity index (χ0n) is 10.0. The highest BCUT2D eigenvalue weighted by molar-refractivity contribution is 7.09. The molecule has 1 aliphatic rings. The summed E-state index contributed by atoms with van der Waals surface area (Å²) in [5.41, 5.74) is 0.938. The first-order valence-corrected chi connectivity index (χ1v) is 7.02. The van der Waals surface area contributed by atoms with E-state index >= 15 is 0 Å². The summed E-state index contributed by atoms with van der Waals surface area (Å²) in [6.45, 7) is 0.694. The molecule has 0 unspecified atom stereocenters. The Morgan fingerprint density at radius 1 is 1.50 bits per heavy atom. The van der Waals surface area contributed by atoms with Crippen molar-refractivity contribution >= 4 is 28.3 Å². The van der Waals surface area contributed by atoms with E-state index in [2.05, 4.69) is 19.2 Å². The molecule has 0 bridgehead atoms. The molecule has 0 amide bonds. The molecule has 0 aliphatic heterocycles. The molecule has 0 N–H and O–H groups in total. The van der Waals surface area contributed by atoms with Crippen molar-refractivity contribution in [2.24, 2.45) is 0 Å². The highest BCUT2D eigenvalue weighted by Crippen LogP contribution is 2.39. The van der Waals surface area contributed by atoms with Crippen molar-refractivity contribution in [2.45, 2.75) is 25.3 Å². The van der Waals surface area contributed by atoms with Crippen molar-refractivity contribution < 1.29 is 0 Å². The van der Waals surface area contributed by atoms with E-state index in [1.165, 1.54) is 24.4 Å². The van der Waals surface area contributed by atoms with Gasteiger partial charge >= 0.3 is 0 Å². The van der Waals surface area contributed by atoms with Gasteiger partial charge in [-0.05, 0) is 25.0 Å². The molecular weight excluding hydrogens is 268 g/mol. The van der Waals surface area contributed by atoms with Crippen molar-refractivity contribution in [1.82, 2.24) is 14.3 Å². The molecule has 18 heavy (non-hydrogen) atoms. The van der Waals surface area contributed by atoms with Crippen LogP contribution in [0.1, 0.15) is 30.3 Å². The molecule has 1 saturated carbocycles. The van der Waals surface area contributed by atoms with Crippen LogP contribution in [0.3, 0.4) is 0 Å². The number of hydrogen-bond acceptors (Lipinski definition) is 5. The van der Waals surface area contributed by atoms with E-state index in [0.717, 1.165) is 16.6 Å². The van der Waals surface area contributed by atoms with Gasteiger partial charge in [-0.2, -0.15) is 4.37 Å². The van der Waals surface area contributed by atoms with Crippen LogP contribution in [0.4, 0.5) is 5.13 Å². The van der Waals surface area contributed by atoms with Gasteiger partial charge < -0.3 is 4.90 Å². The molecule has 1 fully saturated rings. The van der Waals surface area contributed by atoms with Gasteiger partial charge in [0, 0.05) is 35.7 Å². The maximum atomic E-state index is 5.94. The van der Waals surface area contributed by atoms with E-state index in [4.69, 9.17) is 11.6 Å². The minimum atomic E-state index is 0.604. The molecule has 2 aromatic heterocycles. The average molecular weight is 281 g/mol. The average Bonchev–Trinajstić information content (AvgIpc) is 3.07. The summed E-state index contributed by atoms with van der Waals surface area (Å²) >= 11 is 7.40. The summed E-state index contributed by atoms with van der Waals surface area (Å²) in [5.74, 6) is 1.61. The predicted octanol–water partition coefficient (Wildman–Crippen LogP) is 3.10. The summed E-state index contributed by atoms with van der Waals surface area (Å²) in [6, 6.07) is 3.65. The van der Waals surface area contributed by atoms with Crippen LogP contribution in [0.15, 0.2) is 18.3 Å². The predicted molar refractivity (Wildman–Crippen MR) is 73.2 cm³/mol. The zero-order valence-corrected chi connectivity index (χ0v) is 11.6. The Bertz CT molecular complexity index is 553. The number of pyridine rings is 1. The fourth-order valence-electron chi connectivity index (χ4n) is 1.73. The quantitative estimate of drug-likeness (QED) is 0.863. The van der Waals surface area contributed by atoms with Gasteiger partial charge in [-0.3, -0.25) is 4.98 Å². The Morgan fingerprint density at radius 3 is 3.06 bits per heavy atom. The maximum absolute atomic E-state index is 5.94. The molecular formula is C12H13ClN4S. The smallest absolute Gasteiger partial charge is 0.205 e. The highest BCUT2D eigenvalue weighted by Gasteiger charge is 2.28. The summed E-state index contributed by atoms with van der Waals surface area (Å²) in [4.78, 5) is 10.9. The SMILES string of the molecule is CN(Cc1cc(Cl)ccn1)c1nc(C2CC2)ns1. The van der Waals surface area contributed by atoms with Gasteiger partial charge in [-0.1, -0.05) is 11.6 Å². The molecule has 6 heteroatoms. The summed E-state index contributed by atoms with van der Waals surface area (Å²) < 4.78 is 4.40. The van der Waals surface area contributed by atoms with Gasteiger partial charge in [0.15, 0.2) is 0 Å². The Labute approximate surface area is 115 Å². The number of anilines is 1. The Hall–Kier alpha value is -1.20. The summed E-state index contributed by atoms with van der Waals surface area (Å²) in [5, 5.41) is 1.66.